The minimum atomic E-state index is -0.479. The number of halogens is 2. The van der Waals surface area contributed by atoms with E-state index in [1.807, 2.05) is 6.92 Å². The molecule has 0 saturated heterocycles. The standard InChI is InChI=1S/C10H10Cl2N2O/c1-3-4-10(2)7-6(5-15-10)8(11)14-9(12)13-7/h3H,1,4-5H2,2H3. The topological polar surface area (TPSA) is 35.0 Å². The summed E-state index contributed by atoms with van der Waals surface area (Å²) in [4.78, 5) is 8.07. The monoisotopic (exact) mass is 244 g/mol. The molecule has 1 unspecified atom stereocenters. The first-order valence-corrected chi connectivity index (χ1v) is 5.29. The molecule has 0 bridgehead atoms. The zero-order chi connectivity index (χ0) is 11.1. The fraction of sp³-hybridized carbons (Fsp3) is 0.400. The van der Waals surface area contributed by atoms with E-state index in [9.17, 15) is 0 Å². The first-order chi connectivity index (χ1) is 7.07. The minimum absolute atomic E-state index is 0.152. The van der Waals surface area contributed by atoms with E-state index in [4.69, 9.17) is 27.9 Å². The van der Waals surface area contributed by atoms with E-state index in [1.54, 1.807) is 6.08 Å². The largest absolute Gasteiger partial charge is 0.364 e. The van der Waals surface area contributed by atoms with Crippen LogP contribution in [0.4, 0.5) is 0 Å². The number of rotatable bonds is 2. The average molecular weight is 245 g/mol. The summed E-state index contributed by atoms with van der Waals surface area (Å²) in [5.74, 6) is 0. The van der Waals surface area contributed by atoms with Crippen LogP contribution in [0.2, 0.25) is 10.4 Å². The van der Waals surface area contributed by atoms with Crippen molar-refractivity contribution in [1.29, 1.82) is 0 Å². The van der Waals surface area contributed by atoms with E-state index in [-0.39, 0.29) is 5.28 Å². The van der Waals surface area contributed by atoms with Crippen LogP contribution in [0.5, 0.6) is 0 Å². The third-order valence-corrected chi connectivity index (χ3v) is 2.98. The van der Waals surface area contributed by atoms with E-state index >= 15 is 0 Å². The molecule has 80 valence electrons. The van der Waals surface area contributed by atoms with Crippen molar-refractivity contribution in [1.82, 2.24) is 9.97 Å². The highest BCUT2D eigenvalue weighted by Crippen LogP contribution is 2.40. The van der Waals surface area contributed by atoms with Gasteiger partial charge in [0.1, 0.15) is 10.8 Å². The molecular formula is C10H10Cl2N2O. The number of ether oxygens (including phenoxy) is 1. The van der Waals surface area contributed by atoms with Gasteiger partial charge in [-0.15, -0.1) is 6.58 Å². The van der Waals surface area contributed by atoms with Crippen molar-refractivity contribution in [3.8, 4) is 0 Å². The molecule has 1 aromatic rings. The molecule has 0 amide bonds. The molecule has 0 fully saturated rings. The van der Waals surface area contributed by atoms with Crippen LogP contribution in [0.15, 0.2) is 12.7 Å². The van der Waals surface area contributed by atoms with Crippen LogP contribution in [-0.4, -0.2) is 9.97 Å². The summed E-state index contributed by atoms with van der Waals surface area (Å²) >= 11 is 11.7. The minimum Gasteiger partial charge on any atom is -0.364 e. The second kappa shape index (κ2) is 3.74. The molecule has 0 radical (unpaired) electrons. The van der Waals surface area contributed by atoms with Crippen molar-refractivity contribution in [2.45, 2.75) is 25.6 Å². The number of fused-ring (bicyclic) bond motifs is 1. The molecule has 3 nitrogen and oxygen atoms in total. The van der Waals surface area contributed by atoms with Crippen LogP contribution in [0.3, 0.4) is 0 Å². The molecule has 1 aliphatic heterocycles. The number of aromatic nitrogens is 2. The van der Waals surface area contributed by atoms with E-state index < -0.39 is 5.60 Å². The maximum Gasteiger partial charge on any atom is 0.224 e. The van der Waals surface area contributed by atoms with E-state index in [0.717, 1.165) is 11.3 Å². The highest BCUT2D eigenvalue weighted by atomic mass is 35.5. The van der Waals surface area contributed by atoms with Crippen molar-refractivity contribution in [2.75, 3.05) is 0 Å². The van der Waals surface area contributed by atoms with Crippen molar-refractivity contribution < 1.29 is 4.74 Å². The van der Waals surface area contributed by atoms with Crippen molar-refractivity contribution >= 4 is 23.2 Å². The second-order valence-corrected chi connectivity index (χ2v) is 4.32. The van der Waals surface area contributed by atoms with Crippen LogP contribution in [0.1, 0.15) is 24.6 Å². The maximum atomic E-state index is 5.96. The predicted octanol–water partition coefficient (Wildman–Crippen LogP) is 3.10. The van der Waals surface area contributed by atoms with Gasteiger partial charge in [0, 0.05) is 5.56 Å². The lowest BCUT2D eigenvalue weighted by Gasteiger charge is -2.21. The fourth-order valence-corrected chi connectivity index (χ4v) is 2.16. The predicted molar refractivity (Wildman–Crippen MR) is 59.0 cm³/mol. The summed E-state index contributed by atoms with van der Waals surface area (Å²) in [5, 5.41) is 0.525. The quantitative estimate of drug-likeness (QED) is 0.456. The van der Waals surface area contributed by atoms with Gasteiger partial charge in [0.05, 0.1) is 12.3 Å². The van der Waals surface area contributed by atoms with Crippen molar-refractivity contribution in [2.24, 2.45) is 0 Å². The summed E-state index contributed by atoms with van der Waals surface area (Å²) in [6.45, 7) is 6.07. The SMILES string of the molecule is C=CCC1(C)OCc2c(Cl)nc(Cl)nc21. The van der Waals surface area contributed by atoms with E-state index in [0.29, 0.717) is 18.2 Å². The molecule has 2 rings (SSSR count). The van der Waals surface area contributed by atoms with Gasteiger partial charge in [-0.25, -0.2) is 9.97 Å². The van der Waals surface area contributed by atoms with Crippen LogP contribution in [0.25, 0.3) is 0 Å². The van der Waals surface area contributed by atoms with Gasteiger partial charge in [0.2, 0.25) is 5.28 Å². The Balaban J connectivity index is 2.54. The lowest BCUT2D eigenvalue weighted by Crippen LogP contribution is -2.21. The van der Waals surface area contributed by atoms with Gasteiger partial charge < -0.3 is 4.74 Å². The molecule has 15 heavy (non-hydrogen) atoms. The molecule has 0 aromatic carbocycles. The molecule has 1 aliphatic rings. The summed E-state index contributed by atoms with van der Waals surface area (Å²) in [6.07, 6.45) is 2.46. The zero-order valence-corrected chi connectivity index (χ0v) is 9.77. The number of hydrogen-bond acceptors (Lipinski definition) is 3. The second-order valence-electron chi connectivity index (χ2n) is 3.62. The summed E-state index contributed by atoms with van der Waals surface area (Å²) in [6, 6.07) is 0. The normalized spacial score (nSPS) is 23.9. The van der Waals surface area contributed by atoms with Crippen LogP contribution in [0, 0.1) is 0 Å². The Morgan fingerprint density at radius 3 is 2.93 bits per heavy atom. The smallest absolute Gasteiger partial charge is 0.224 e. The first kappa shape index (κ1) is 10.9. The molecule has 1 aromatic heterocycles. The summed E-state index contributed by atoms with van der Waals surface area (Å²) in [7, 11) is 0. The van der Waals surface area contributed by atoms with Crippen LogP contribution in [-0.2, 0) is 16.9 Å². The van der Waals surface area contributed by atoms with Crippen LogP contribution >= 0.6 is 23.2 Å². The molecule has 1 atom stereocenters. The molecular weight excluding hydrogens is 235 g/mol. The fourth-order valence-electron chi connectivity index (χ4n) is 1.73. The van der Waals surface area contributed by atoms with Gasteiger partial charge in [-0.3, -0.25) is 0 Å². The number of hydrogen-bond donors (Lipinski definition) is 0. The van der Waals surface area contributed by atoms with E-state index in [1.165, 1.54) is 0 Å². The van der Waals surface area contributed by atoms with Crippen molar-refractivity contribution in [3.05, 3.63) is 34.3 Å². The highest BCUT2D eigenvalue weighted by Gasteiger charge is 2.38. The van der Waals surface area contributed by atoms with Gasteiger partial charge in [-0.1, -0.05) is 17.7 Å². The molecule has 0 N–H and O–H groups in total. The number of nitrogens with zero attached hydrogens (tertiary/aromatic N) is 2. The van der Waals surface area contributed by atoms with Crippen molar-refractivity contribution in [3.63, 3.8) is 0 Å². The molecule has 5 heteroatoms. The lowest BCUT2D eigenvalue weighted by atomic mass is 9.97. The molecule has 0 saturated carbocycles. The van der Waals surface area contributed by atoms with E-state index in [2.05, 4.69) is 16.5 Å². The third-order valence-electron chi connectivity index (χ3n) is 2.50. The lowest BCUT2D eigenvalue weighted by molar-refractivity contribution is -0.0229. The highest BCUT2D eigenvalue weighted by molar-refractivity contribution is 6.32. The summed E-state index contributed by atoms with van der Waals surface area (Å²) in [5.41, 5.74) is 1.12. The Morgan fingerprint density at radius 1 is 1.53 bits per heavy atom. The Hall–Kier alpha value is -0.640. The summed E-state index contributed by atoms with van der Waals surface area (Å²) < 4.78 is 5.67. The molecule has 2 heterocycles. The van der Waals surface area contributed by atoms with Gasteiger partial charge >= 0.3 is 0 Å². The molecule has 0 spiro atoms. The third kappa shape index (κ3) is 1.75. The average Bonchev–Trinajstić information content (AvgIpc) is 2.45. The Kier molecular flexibility index (Phi) is 2.71. The van der Waals surface area contributed by atoms with Gasteiger partial charge in [0.15, 0.2) is 0 Å². The van der Waals surface area contributed by atoms with Crippen LogP contribution < -0.4 is 0 Å². The molecule has 0 aliphatic carbocycles. The maximum absolute atomic E-state index is 5.96. The Morgan fingerprint density at radius 2 is 2.27 bits per heavy atom. The van der Waals surface area contributed by atoms with Gasteiger partial charge in [-0.2, -0.15) is 0 Å². The van der Waals surface area contributed by atoms with Gasteiger partial charge in [-0.05, 0) is 24.9 Å². The first-order valence-electron chi connectivity index (χ1n) is 4.54. The van der Waals surface area contributed by atoms with Gasteiger partial charge in [0.25, 0.3) is 0 Å². The zero-order valence-electron chi connectivity index (χ0n) is 8.26. The Labute approximate surface area is 98.1 Å². The Bertz CT molecular complexity index is 422.